The molecule has 1 aromatic heterocycles. The maximum Gasteiger partial charge on any atom is 0.410 e. The van der Waals surface area contributed by atoms with Crippen molar-refractivity contribution in [1.82, 2.24) is 20.5 Å². The van der Waals surface area contributed by atoms with Gasteiger partial charge in [0.15, 0.2) is 5.96 Å². The van der Waals surface area contributed by atoms with Gasteiger partial charge in [0.2, 0.25) is 0 Å². The first kappa shape index (κ1) is 26.9. The van der Waals surface area contributed by atoms with Crippen LogP contribution in [0, 0.1) is 6.92 Å². The molecule has 0 aromatic carbocycles. The quantitative estimate of drug-likeness (QED) is 0.291. The molecule has 9 heteroatoms. The van der Waals surface area contributed by atoms with Gasteiger partial charge in [0, 0.05) is 44.5 Å². The first-order valence-electron chi connectivity index (χ1n) is 9.66. The summed E-state index contributed by atoms with van der Waals surface area (Å²) in [5, 5.41) is 9.68. The molecule has 0 bridgehead atoms. The number of carbonyl (C=O) groups excluding carboxylic acids is 1. The van der Waals surface area contributed by atoms with Crippen LogP contribution in [0.4, 0.5) is 4.79 Å². The number of rotatable bonds is 9. The molecule has 2 N–H and O–H groups in total. The van der Waals surface area contributed by atoms with Crippen molar-refractivity contribution >= 4 is 47.4 Å². The minimum atomic E-state index is -0.485. The average molecular weight is 526 g/mol. The predicted octanol–water partition coefficient (Wildman–Crippen LogP) is 3.81. The molecule has 0 fully saturated rings. The molecular weight excluding hydrogens is 489 g/mol. The number of ether oxygens (including phenoxy) is 1. The minimum absolute atomic E-state index is 0. The lowest BCUT2D eigenvalue weighted by Crippen LogP contribution is -2.44. The molecule has 0 atom stereocenters. The van der Waals surface area contributed by atoms with Gasteiger partial charge in [-0.1, -0.05) is 6.92 Å². The monoisotopic (exact) mass is 525 g/mol. The van der Waals surface area contributed by atoms with Gasteiger partial charge in [0.25, 0.3) is 0 Å². The van der Waals surface area contributed by atoms with Crippen molar-refractivity contribution < 1.29 is 9.53 Å². The number of aryl methyl sites for hydroxylation is 1. The third-order valence-electron chi connectivity index (χ3n) is 3.47. The number of thiazole rings is 1. The summed E-state index contributed by atoms with van der Waals surface area (Å²) in [7, 11) is 0. The van der Waals surface area contributed by atoms with E-state index in [1.807, 2.05) is 34.6 Å². The number of hydrogen-bond donors (Lipinski definition) is 2. The van der Waals surface area contributed by atoms with Crippen molar-refractivity contribution in [3.63, 3.8) is 0 Å². The fourth-order valence-electron chi connectivity index (χ4n) is 2.35. The van der Waals surface area contributed by atoms with E-state index in [4.69, 9.17) is 4.74 Å². The molecule has 0 aliphatic carbocycles. The Morgan fingerprint density at radius 1 is 1.29 bits per heavy atom. The lowest BCUT2D eigenvalue weighted by Gasteiger charge is -2.27. The topological polar surface area (TPSA) is 78.9 Å². The molecule has 0 saturated carbocycles. The van der Waals surface area contributed by atoms with Crippen molar-refractivity contribution in [2.45, 2.75) is 60.0 Å². The van der Waals surface area contributed by atoms with Crippen LogP contribution >= 0.6 is 35.3 Å². The van der Waals surface area contributed by atoms with Gasteiger partial charge in [-0.3, -0.25) is 4.99 Å². The van der Waals surface area contributed by atoms with Gasteiger partial charge in [-0.15, -0.1) is 35.3 Å². The maximum absolute atomic E-state index is 12.3. The second kappa shape index (κ2) is 14.0. The molecular formula is C19H36IN5O2S. The highest BCUT2D eigenvalue weighted by molar-refractivity contribution is 14.0. The zero-order valence-electron chi connectivity index (χ0n) is 18.0. The number of guanidine groups is 1. The van der Waals surface area contributed by atoms with Gasteiger partial charge >= 0.3 is 6.09 Å². The van der Waals surface area contributed by atoms with Gasteiger partial charge in [0.05, 0.1) is 10.7 Å². The Bertz CT molecular complexity index is 601. The fraction of sp³-hybridized carbons (Fsp3) is 0.737. The van der Waals surface area contributed by atoms with Gasteiger partial charge in [-0.25, -0.2) is 9.78 Å². The molecule has 28 heavy (non-hydrogen) atoms. The largest absolute Gasteiger partial charge is 0.444 e. The number of nitrogens with one attached hydrogen (secondary N) is 2. The van der Waals surface area contributed by atoms with Crippen LogP contribution in [0.3, 0.4) is 0 Å². The SMILES string of the molecule is CCCN(CCNC(=NCCc1csc(C)n1)NCC)C(=O)OC(C)(C)C.I. The first-order valence-corrected chi connectivity index (χ1v) is 10.5. The van der Waals surface area contributed by atoms with Crippen LogP contribution in [0.2, 0.25) is 0 Å². The summed E-state index contributed by atoms with van der Waals surface area (Å²) in [4.78, 5) is 23.1. The molecule has 0 aliphatic rings. The van der Waals surface area contributed by atoms with Crippen LogP contribution < -0.4 is 10.6 Å². The highest BCUT2D eigenvalue weighted by Crippen LogP contribution is 2.10. The molecule has 7 nitrogen and oxygen atoms in total. The molecule has 0 unspecified atom stereocenters. The summed E-state index contributed by atoms with van der Waals surface area (Å²) in [5.74, 6) is 0.755. The molecule has 0 spiro atoms. The lowest BCUT2D eigenvalue weighted by molar-refractivity contribution is 0.0253. The van der Waals surface area contributed by atoms with Crippen LogP contribution in [-0.2, 0) is 11.2 Å². The second-order valence-corrected chi connectivity index (χ2v) is 8.32. The molecule has 1 heterocycles. The van der Waals surface area contributed by atoms with Crippen LogP contribution in [0.1, 0.15) is 51.7 Å². The van der Waals surface area contributed by atoms with Crippen molar-refractivity contribution in [3.8, 4) is 0 Å². The van der Waals surface area contributed by atoms with Gasteiger partial charge < -0.3 is 20.3 Å². The zero-order chi connectivity index (χ0) is 20.3. The highest BCUT2D eigenvalue weighted by atomic mass is 127. The van der Waals surface area contributed by atoms with Gasteiger partial charge in [0.1, 0.15) is 5.60 Å². The standard InChI is InChI=1S/C19H35N5O2S.HI/c1-7-12-24(18(25)26-19(4,5)6)13-11-22-17(20-8-2)21-10-9-16-14-27-15(3)23-16;/h14H,7-13H2,1-6H3,(H2,20,21,22);1H. The van der Waals surface area contributed by atoms with Gasteiger partial charge in [-0.2, -0.15) is 0 Å². The number of aromatic nitrogens is 1. The van der Waals surface area contributed by atoms with Crippen molar-refractivity contribution in [2.75, 3.05) is 32.7 Å². The minimum Gasteiger partial charge on any atom is -0.444 e. The fourth-order valence-corrected chi connectivity index (χ4v) is 2.99. The molecule has 0 radical (unpaired) electrons. The Balaban J connectivity index is 0.00000729. The molecule has 1 aromatic rings. The number of nitrogens with zero attached hydrogens (tertiary/aromatic N) is 3. The molecule has 0 aliphatic heterocycles. The summed E-state index contributed by atoms with van der Waals surface area (Å²) >= 11 is 1.66. The van der Waals surface area contributed by atoms with Gasteiger partial charge in [-0.05, 0) is 41.0 Å². The normalized spacial score (nSPS) is 11.6. The maximum atomic E-state index is 12.3. The van der Waals surface area contributed by atoms with Crippen LogP contribution in [0.25, 0.3) is 0 Å². The predicted molar refractivity (Wildman–Crippen MR) is 128 cm³/mol. The molecule has 1 amide bonds. The Hall–Kier alpha value is -1.10. The average Bonchev–Trinajstić information content (AvgIpc) is 2.97. The number of amides is 1. The summed E-state index contributed by atoms with van der Waals surface area (Å²) in [6.45, 7) is 15.0. The summed E-state index contributed by atoms with van der Waals surface area (Å²) in [6, 6.07) is 0. The van der Waals surface area contributed by atoms with Crippen molar-refractivity contribution in [2.24, 2.45) is 4.99 Å². The van der Waals surface area contributed by atoms with Crippen molar-refractivity contribution in [1.29, 1.82) is 0 Å². The van der Waals surface area contributed by atoms with Crippen molar-refractivity contribution in [3.05, 3.63) is 16.1 Å². The highest BCUT2D eigenvalue weighted by Gasteiger charge is 2.21. The number of aliphatic imine (C=N–C) groups is 1. The summed E-state index contributed by atoms with van der Waals surface area (Å²) in [6.07, 6.45) is 1.44. The summed E-state index contributed by atoms with van der Waals surface area (Å²) < 4.78 is 5.48. The first-order chi connectivity index (χ1) is 12.7. The van der Waals surface area contributed by atoms with Crippen LogP contribution in [0.5, 0.6) is 0 Å². The van der Waals surface area contributed by atoms with Crippen LogP contribution in [-0.4, -0.2) is 60.3 Å². The number of hydrogen-bond acceptors (Lipinski definition) is 5. The van der Waals surface area contributed by atoms with E-state index in [9.17, 15) is 4.79 Å². The third-order valence-corrected chi connectivity index (χ3v) is 4.29. The number of halogens is 1. The Morgan fingerprint density at radius 2 is 2.00 bits per heavy atom. The summed E-state index contributed by atoms with van der Waals surface area (Å²) in [5.41, 5.74) is 0.595. The van der Waals surface area contributed by atoms with E-state index in [2.05, 4.69) is 32.9 Å². The third kappa shape index (κ3) is 11.7. The Labute approximate surface area is 190 Å². The smallest absolute Gasteiger partial charge is 0.410 e. The van der Waals surface area contributed by atoms with E-state index < -0.39 is 5.60 Å². The second-order valence-electron chi connectivity index (χ2n) is 7.26. The molecule has 0 saturated heterocycles. The van der Waals surface area contributed by atoms with E-state index >= 15 is 0 Å². The van der Waals surface area contributed by atoms with E-state index in [1.165, 1.54) is 0 Å². The lowest BCUT2D eigenvalue weighted by atomic mass is 10.2. The number of carbonyl (C=O) groups is 1. The van der Waals surface area contributed by atoms with E-state index in [0.29, 0.717) is 26.2 Å². The van der Waals surface area contributed by atoms with E-state index in [1.54, 1.807) is 16.2 Å². The van der Waals surface area contributed by atoms with E-state index in [0.717, 1.165) is 36.0 Å². The molecule has 162 valence electrons. The Kier molecular flexibility index (Phi) is 13.4. The molecule has 1 rings (SSSR count). The van der Waals surface area contributed by atoms with E-state index in [-0.39, 0.29) is 30.1 Å². The van der Waals surface area contributed by atoms with Crippen LogP contribution in [0.15, 0.2) is 10.4 Å². The zero-order valence-corrected chi connectivity index (χ0v) is 21.1. The Morgan fingerprint density at radius 3 is 2.54 bits per heavy atom.